The Hall–Kier alpha value is -2.77. The van der Waals surface area contributed by atoms with Crippen molar-refractivity contribution in [1.29, 1.82) is 0 Å². The van der Waals surface area contributed by atoms with E-state index in [0.717, 1.165) is 0 Å². The Balaban J connectivity index is 2.01. The first kappa shape index (κ1) is 17.6. The van der Waals surface area contributed by atoms with Gasteiger partial charge in [-0.3, -0.25) is 0 Å². The van der Waals surface area contributed by atoms with E-state index in [4.69, 9.17) is 0 Å². The van der Waals surface area contributed by atoms with Crippen molar-refractivity contribution in [3.8, 4) is 0 Å². The fourth-order valence-electron chi connectivity index (χ4n) is 3.81. The molecule has 0 heterocycles. The highest BCUT2D eigenvalue weighted by molar-refractivity contribution is 8.33. The van der Waals surface area contributed by atoms with Gasteiger partial charge in [0.05, 0.1) is 0 Å². The number of benzene rings is 4. The highest BCUT2D eigenvalue weighted by atomic mass is 32.3. The van der Waals surface area contributed by atoms with E-state index < -0.39 is 10.0 Å². The van der Waals surface area contributed by atoms with Crippen molar-refractivity contribution in [2.45, 2.75) is 15.0 Å². The maximum atomic E-state index is 2.46. The average molecular weight is 369 g/mol. The molecule has 0 nitrogen and oxygen atoms in total. The molecule has 0 bridgehead atoms. The molecule has 0 aliphatic rings. The summed E-state index contributed by atoms with van der Waals surface area (Å²) in [5.74, 6) is 0. The molecule has 0 fully saturated rings. The fourth-order valence-corrected chi connectivity index (χ4v) is 7.47. The summed E-state index contributed by atoms with van der Waals surface area (Å²) in [5.41, 5.74) is 2.74. The summed E-state index contributed by atoms with van der Waals surface area (Å²) >= 11 is 0. The summed E-state index contributed by atoms with van der Waals surface area (Å²) in [6.45, 7) is 0. The molecular weight excluding hydrogens is 344 g/mol. The molecule has 0 aliphatic heterocycles. The van der Waals surface area contributed by atoms with Crippen molar-refractivity contribution < 1.29 is 0 Å². The van der Waals surface area contributed by atoms with Crippen LogP contribution >= 0.6 is 10.0 Å². The first-order valence-corrected chi connectivity index (χ1v) is 11.4. The summed E-state index contributed by atoms with van der Waals surface area (Å²) in [6.07, 6.45) is 2.46. The van der Waals surface area contributed by atoms with Crippen molar-refractivity contribution in [2.24, 2.45) is 0 Å². The highest BCUT2D eigenvalue weighted by Crippen LogP contribution is 2.70. The summed E-state index contributed by atoms with van der Waals surface area (Å²) in [4.78, 5) is 2.82. The van der Waals surface area contributed by atoms with Crippen molar-refractivity contribution in [3.63, 3.8) is 0 Å². The first-order chi connectivity index (χ1) is 13.3. The lowest BCUT2D eigenvalue weighted by atomic mass is 10.0. The molecular formula is C26H24S. The predicted molar refractivity (Wildman–Crippen MR) is 118 cm³/mol. The van der Waals surface area contributed by atoms with Crippen LogP contribution in [0.15, 0.2) is 131 Å². The largest absolute Gasteiger partial charge is 0.179 e. The molecule has 4 rings (SSSR count). The van der Waals surface area contributed by atoms with E-state index in [2.05, 4.69) is 128 Å². The molecule has 0 N–H and O–H groups in total. The molecule has 4 aromatic rings. The van der Waals surface area contributed by atoms with Gasteiger partial charge in [-0.2, -0.15) is 10.0 Å². The minimum absolute atomic E-state index is 0.296. The quantitative estimate of drug-likeness (QED) is 0.346. The maximum absolute atomic E-state index is 2.46. The molecule has 0 saturated heterocycles. The lowest BCUT2D eigenvalue weighted by molar-refractivity contribution is 1.11. The minimum Gasteiger partial charge on any atom is -0.179 e. The molecule has 0 atom stereocenters. The SMILES string of the molecule is CS(c1ccccc1)(c1ccccc1)C(c1ccccc1)c1ccccc1. The van der Waals surface area contributed by atoms with E-state index in [9.17, 15) is 0 Å². The smallest absolute Gasteiger partial charge is 0.0464 e. The zero-order chi connectivity index (χ0) is 18.5. The van der Waals surface area contributed by atoms with Crippen LogP contribution in [0.2, 0.25) is 0 Å². The van der Waals surface area contributed by atoms with Gasteiger partial charge >= 0.3 is 0 Å². The van der Waals surface area contributed by atoms with Gasteiger partial charge in [-0.1, -0.05) is 97.1 Å². The maximum Gasteiger partial charge on any atom is 0.0464 e. The van der Waals surface area contributed by atoms with Crippen LogP contribution in [0.3, 0.4) is 0 Å². The van der Waals surface area contributed by atoms with Crippen LogP contribution in [0, 0.1) is 0 Å². The third kappa shape index (κ3) is 3.43. The molecule has 0 amide bonds. The van der Waals surface area contributed by atoms with Gasteiger partial charge in [0.2, 0.25) is 0 Å². The topological polar surface area (TPSA) is 0 Å². The Morgan fingerprint density at radius 1 is 0.444 bits per heavy atom. The first-order valence-electron chi connectivity index (χ1n) is 9.27. The van der Waals surface area contributed by atoms with Crippen LogP contribution in [-0.4, -0.2) is 6.26 Å². The summed E-state index contributed by atoms with van der Waals surface area (Å²) in [7, 11) is -1.34. The molecule has 0 aromatic heterocycles. The molecule has 134 valence electrons. The lowest BCUT2D eigenvalue weighted by Crippen LogP contribution is -2.13. The molecule has 0 unspecified atom stereocenters. The van der Waals surface area contributed by atoms with Crippen LogP contribution in [-0.2, 0) is 0 Å². The predicted octanol–water partition coefficient (Wildman–Crippen LogP) is 7.33. The van der Waals surface area contributed by atoms with Gasteiger partial charge in [0.15, 0.2) is 0 Å². The molecule has 0 saturated carbocycles. The summed E-state index contributed by atoms with van der Waals surface area (Å²) < 4.78 is 0. The number of rotatable bonds is 5. The standard InChI is InChI=1S/C26H24S/c1-27(24-18-10-4-11-19-24,25-20-12-5-13-21-25)26(22-14-6-2-7-15-22)23-16-8-3-9-17-23/h2-21,26H,1H3. The third-order valence-electron chi connectivity index (χ3n) is 5.14. The Labute approximate surface area is 163 Å². The van der Waals surface area contributed by atoms with E-state index in [0.29, 0.717) is 5.25 Å². The second-order valence-electron chi connectivity index (χ2n) is 6.81. The van der Waals surface area contributed by atoms with Crippen molar-refractivity contribution in [2.75, 3.05) is 6.26 Å². The van der Waals surface area contributed by atoms with Crippen LogP contribution in [0.5, 0.6) is 0 Å². The summed E-state index contributed by atoms with van der Waals surface area (Å²) in [5, 5.41) is 0.296. The lowest BCUT2D eigenvalue weighted by Gasteiger charge is -2.45. The van der Waals surface area contributed by atoms with E-state index in [-0.39, 0.29) is 0 Å². The Bertz CT molecular complexity index is 885. The van der Waals surface area contributed by atoms with E-state index >= 15 is 0 Å². The van der Waals surface area contributed by atoms with Gasteiger partial charge in [-0.15, -0.1) is 0 Å². The fraction of sp³-hybridized carbons (Fsp3) is 0.0769. The van der Waals surface area contributed by atoms with Crippen molar-refractivity contribution >= 4 is 10.0 Å². The molecule has 0 spiro atoms. The van der Waals surface area contributed by atoms with Crippen molar-refractivity contribution in [1.82, 2.24) is 0 Å². The molecule has 27 heavy (non-hydrogen) atoms. The summed E-state index contributed by atoms with van der Waals surface area (Å²) in [6, 6.07) is 43.9. The minimum atomic E-state index is -1.34. The zero-order valence-electron chi connectivity index (χ0n) is 15.5. The van der Waals surface area contributed by atoms with Crippen LogP contribution in [0.1, 0.15) is 16.4 Å². The molecule has 4 aromatic carbocycles. The highest BCUT2D eigenvalue weighted by Gasteiger charge is 2.34. The van der Waals surface area contributed by atoms with Gasteiger partial charge < -0.3 is 0 Å². The van der Waals surface area contributed by atoms with E-state index in [1.54, 1.807) is 0 Å². The Morgan fingerprint density at radius 3 is 1.07 bits per heavy atom. The Kier molecular flexibility index (Phi) is 5.13. The third-order valence-corrected chi connectivity index (χ3v) is 9.13. The molecule has 1 heteroatoms. The average Bonchev–Trinajstić information content (AvgIpc) is 2.76. The van der Waals surface area contributed by atoms with E-state index in [1.807, 2.05) is 0 Å². The second kappa shape index (κ2) is 7.85. The van der Waals surface area contributed by atoms with Gasteiger partial charge in [-0.25, -0.2) is 0 Å². The monoisotopic (exact) mass is 368 g/mol. The van der Waals surface area contributed by atoms with Crippen LogP contribution < -0.4 is 0 Å². The van der Waals surface area contributed by atoms with Gasteiger partial charge in [0.1, 0.15) is 0 Å². The van der Waals surface area contributed by atoms with Crippen molar-refractivity contribution in [3.05, 3.63) is 132 Å². The second-order valence-corrected chi connectivity index (χ2v) is 10.2. The zero-order valence-corrected chi connectivity index (χ0v) is 16.3. The van der Waals surface area contributed by atoms with E-state index in [1.165, 1.54) is 20.9 Å². The van der Waals surface area contributed by atoms with Gasteiger partial charge in [0, 0.05) is 5.25 Å². The molecule has 0 aliphatic carbocycles. The van der Waals surface area contributed by atoms with Crippen LogP contribution in [0.4, 0.5) is 0 Å². The van der Waals surface area contributed by atoms with Crippen LogP contribution in [0.25, 0.3) is 0 Å². The normalized spacial score (nSPS) is 12.1. The number of hydrogen-bond donors (Lipinski definition) is 0. The number of hydrogen-bond acceptors (Lipinski definition) is 0. The Morgan fingerprint density at radius 2 is 0.741 bits per heavy atom. The van der Waals surface area contributed by atoms with Gasteiger partial charge in [0.25, 0.3) is 0 Å². The van der Waals surface area contributed by atoms with Gasteiger partial charge in [-0.05, 0) is 51.4 Å². The molecule has 0 radical (unpaired) electrons.